The molecule has 3 heterocycles. The smallest absolute Gasteiger partial charge is 0.310 e. The van der Waals surface area contributed by atoms with E-state index in [4.69, 9.17) is 4.74 Å². The van der Waals surface area contributed by atoms with Gasteiger partial charge < -0.3 is 9.84 Å². The lowest BCUT2D eigenvalue weighted by Gasteiger charge is -2.23. The molecule has 0 saturated heterocycles. The van der Waals surface area contributed by atoms with Crippen molar-refractivity contribution in [3.63, 3.8) is 0 Å². The van der Waals surface area contributed by atoms with Crippen LogP contribution in [0.25, 0.3) is 10.2 Å². The number of thioether (sulfide) groups is 1. The van der Waals surface area contributed by atoms with Crippen molar-refractivity contribution in [1.82, 2.24) is 9.55 Å². The maximum Gasteiger partial charge on any atom is 0.310 e. The molecule has 2 aromatic heterocycles. The van der Waals surface area contributed by atoms with Crippen LogP contribution >= 0.6 is 23.1 Å². The molecule has 1 N–H and O–H groups in total. The van der Waals surface area contributed by atoms with E-state index >= 15 is 0 Å². The first-order chi connectivity index (χ1) is 10.4. The van der Waals surface area contributed by atoms with Crippen LogP contribution in [-0.2, 0) is 15.3 Å². The molecular weight excluding hydrogens is 324 g/mol. The van der Waals surface area contributed by atoms with Crippen LogP contribution in [0.15, 0.2) is 9.95 Å². The number of rotatable bonds is 3. The van der Waals surface area contributed by atoms with E-state index in [0.717, 1.165) is 10.4 Å². The molecule has 1 atom stereocenters. The highest BCUT2D eigenvalue weighted by molar-refractivity contribution is 7.99. The first-order valence-electron chi connectivity index (χ1n) is 6.91. The zero-order chi connectivity index (χ0) is 16.1. The van der Waals surface area contributed by atoms with Crippen LogP contribution in [0.2, 0.25) is 0 Å². The van der Waals surface area contributed by atoms with Gasteiger partial charge in [0.15, 0.2) is 10.9 Å². The highest BCUT2D eigenvalue weighted by atomic mass is 32.2. The molecule has 22 heavy (non-hydrogen) atoms. The third-order valence-corrected chi connectivity index (χ3v) is 5.99. The number of aliphatic hydroxyl groups is 1. The third-order valence-electron chi connectivity index (χ3n) is 3.75. The molecule has 0 radical (unpaired) electrons. The Bertz CT molecular complexity index is 826. The van der Waals surface area contributed by atoms with Crippen molar-refractivity contribution in [3.05, 3.63) is 20.8 Å². The number of nitrogens with zero attached hydrogens (tertiary/aromatic N) is 2. The van der Waals surface area contributed by atoms with Crippen LogP contribution in [0.4, 0.5) is 0 Å². The van der Waals surface area contributed by atoms with E-state index in [-0.39, 0.29) is 24.3 Å². The van der Waals surface area contributed by atoms with Crippen molar-refractivity contribution < 1.29 is 14.6 Å². The normalized spacial score (nSPS) is 20.4. The molecular formula is C14H16N2O4S2. The largest absolute Gasteiger partial charge is 0.466 e. The van der Waals surface area contributed by atoms with Crippen LogP contribution in [-0.4, -0.2) is 33.0 Å². The Kier molecular flexibility index (Phi) is 3.78. The molecule has 0 aromatic carbocycles. The number of esters is 1. The molecule has 0 spiro atoms. The number of carbonyl (C=O) groups excluding carboxylic acids is 1. The van der Waals surface area contributed by atoms with Gasteiger partial charge in [0.05, 0.1) is 24.2 Å². The summed E-state index contributed by atoms with van der Waals surface area (Å²) in [5.74, 6) is -0.313. The number of fused-ring (bicyclic) bond motifs is 2. The number of aromatic nitrogens is 2. The highest BCUT2D eigenvalue weighted by Gasteiger charge is 2.42. The van der Waals surface area contributed by atoms with Gasteiger partial charge >= 0.3 is 5.97 Å². The molecule has 0 saturated carbocycles. The molecule has 2 aromatic rings. The van der Waals surface area contributed by atoms with Gasteiger partial charge in [-0.15, -0.1) is 11.3 Å². The fraction of sp³-hybridized carbons (Fsp3) is 0.500. The molecule has 1 aliphatic rings. The summed E-state index contributed by atoms with van der Waals surface area (Å²) in [6, 6.07) is 0. The average Bonchev–Trinajstić information content (AvgIpc) is 2.89. The molecule has 0 aliphatic carbocycles. The molecule has 0 unspecified atom stereocenters. The second-order valence-electron chi connectivity index (χ2n) is 5.25. The SMILES string of the molecule is CCOC(=O)C[C@]1(O)CSc2nc3sc(C)c(C)c3c(=O)n21. The third kappa shape index (κ3) is 2.26. The standard InChI is InChI=1S/C14H16N2O4S2/c1-4-20-9(17)5-14(19)6-21-13-15-11-10(12(18)16(13)14)7(2)8(3)22-11/h19H,4-6H2,1-3H3/t14-/m0/s1. The molecule has 0 amide bonds. The van der Waals surface area contributed by atoms with Gasteiger partial charge in [0.1, 0.15) is 4.83 Å². The van der Waals surface area contributed by atoms with Gasteiger partial charge in [0, 0.05) is 4.88 Å². The molecule has 118 valence electrons. The summed E-state index contributed by atoms with van der Waals surface area (Å²) < 4.78 is 6.14. The lowest BCUT2D eigenvalue weighted by molar-refractivity contribution is -0.152. The topological polar surface area (TPSA) is 81.4 Å². The Balaban J connectivity index is 2.15. The summed E-state index contributed by atoms with van der Waals surface area (Å²) in [5, 5.41) is 11.8. The summed E-state index contributed by atoms with van der Waals surface area (Å²) in [7, 11) is 0. The van der Waals surface area contributed by atoms with Gasteiger partial charge in [-0.3, -0.25) is 14.2 Å². The Hall–Kier alpha value is -1.38. The molecule has 6 nitrogen and oxygen atoms in total. The second-order valence-corrected chi connectivity index (χ2v) is 7.40. The van der Waals surface area contributed by atoms with Crippen molar-refractivity contribution >= 4 is 39.3 Å². The van der Waals surface area contributed by atoms with Gasteiger partial charge in [-0.1, -0.05) is 11.8 Å². The molecule has 0 bridgehead atoms. The quantitative estimate of drug-likeness (QED) is 0.677. The zero-order valence-electron chi connectivity index (χ0n) is 12.5. The van der Waals surface area contributed by atoms with E-state index in [1.807, 2.05) is 13.8 Å². The Labute approximate surface area is 135 Å². The van der Waals surface area contributed by atoms with Gasteiger partial charge in [-0.2, -0.15) is 0 Å². The van der Waals surface area contributed by atoms with E-state index in [0.29, 0.717) is 15.4 Å². The van der Waals surface area contributed by atoms with Crippen molar-refractivity contribution in [2.24, 2.45) is 0 Å². The first-order valence-corrected chi connectivity index (χ1v) is 8.71. The van der Waals surface area contributed by atoms with Crippen molar-refractivity contribution in [1.29, 1.82) is 0 Å². The lowest BCUT2D eigenvalue weighted by atomic mass is 10.1. The molecule has 1 aliphatic heterocycles. The minimum Gasteiger partial charge on any atom is -0.466 e. The number of thiophene rings is 1. The van der Waals surface area contributed by atoms with Crippen LogP contribution < -0.4 is 5.56 Å². The fourth-order valence-electron chi connectivity index (χ4n) is 2.56. The number of hydrogen-bond donors (Lipinski definition) is 1. The molecule has 0 fully saturated rings. The first kappa shape index (κ1) is 15.5. The zero-order valence-corrected chi connectivity index (χ0v) is 14.1. The lowest BCUT2D eigenvalue weighted by Crippen LogP contribution is -2.42. The number of carbonyl (C=O) groups is 1. The second kappa shape index (κ2) is 5.36. The monoisotopic (exact) mass is 340 g/mol. The Morgan fingerprint density at radius 1 is 1.50 bits per heavy atom. The minimum atomic E-state index is -1.58. The van der Waals surface area contributed by atoms with E-state index in [1.54, 1.807) is 6.92 Å². The Morgan fingerprint density at radius 2 is 2.23 bits per heavy atom. The van der Waals surface area contributed by atoms with Crippen LogP contribution in [0.3, 0.4) is 0 Å². The Morgan fingerprint density at radius 3 is 2.91 bits per heavy atom. The van der Waals surface area contributed by atoms with E-state index in [9.17, 15) is 14.7 Å². The van der Waals surface area contributed by atoms with Gasteiger partial charge in [0.25, 0.3) is 5.56 Å². The summed E-state index contributed by atoms with van der Waals surface area (Å²) in [6.45, 7) is 5.75. The van der Waals surface area contributed by atoms with Crippen LogP contribution in [0, 0.1) is 13.8 Å². The van der Waals surface area contributed by atoms with Gasteiger partial charge in [-0.25, -0.2) is 4.98 Å². The minimum absolute atomic E-state index is 0.212. The van der Waals surface area contributed by atoms with E-state index in [2.05, 4.69) is 4.98 Å². The molecule has 3 rings (SSSR count). The van der Waals surface area contributed by atoms with Crippen molar-refractivity contribution in [3.8, 4) is 0 Å². The predicted octanol–water partition coefficient (Wildman–Crippen LogP) is 1.78. The van der Waals surface area contributed by atoms with E-state index < -0.39 is 11.7 Å². The average molecular weight is 340 g/mol. The van der Waals surface area contributed by atoms with Crippen molar-refractivity contribution in [2.45, 2.75) is 38.1 Å². The van der Waals surface area contributed by atoms with E-state index in [1.165, 1.54) is 27.7 Å². The maximum atomic E-state index is 12.8. The number of aryl methyl sites for hydroxylation is 2. The fourth-order valence-corrected chi connectivity index (χ4v) is 4.76. The van der Waals surface area contributed by atoms with Crippen LogP contribution in [0.1, 0.15) is 23.8 Å². The summed E-state index contributed by atoms with van der Waals surface area (Å²) >= 11 is 2.75. The summed E-state index contributed by atoms with van der Waals surface area (Å²) in [5.41, 5.74) is -0.992. The maximum absolute atomic E-state index is 12.8. The summed E-state index contributed by atoms with van der Waals surface area (Å²) in [6.07, 6.45) is -0.254. The summed E-state index contributed by atoms with van der Waals surface area (Å²) in [4.78, 5) is 30.7. The number of ether oxygens (including phenoxy) is 1. The van der Waals surface area contributed by atoms with Crippen LogP contribution in [0.5, 0.6) is 0 Å². The number of hydrogen-bond acceptors (Lipinski definition) is 7. The van der Waals surface area contributed by atoms with Gasteiger partial charge in [-0.05, 0) is 26.3 Å². The molecule has 8 heteroatoms. The van der Waals surface area contributed by atoms with Crippen molar-refractivity contribution in [2.75, 3.05) is 12.4 Å². The predicted molar refractivity (Wildman–Crippen MR) is 85.5 cm³/mol. The highest BCUT2D eigenvalue weighted by Crippen LogP contribution is 2.38. The van der Waals surface area contributed by atoms with Gasteiger partial charge in [0.2, 0.25) is 0 Å².